The molecule has 4 heteroatoms. The van der Waals surface area contributed by atoms with Gasteiger partial charge in [0.05, 0.1) is 5.56 Å². The van der Waals surface area contributed by atoms with Crippen LogP contribution in [-0.4, -0.2) is 19.0 Å². The number of benzene rings is 1. The van der Waals surface area contributed by atoms with E-state index in [2.05, 4.69) is 0 Å². The van der Waals surface area contributed by atoms with Gasteiger partial charge in [-0.3, -0.25) is 0 Å². The SMILES string of the molecule is CN(C)Cc1ccc(C(C)(C)C)cc1C(F)(F)F. The van der Waals surface area contributed by atoms with Crippen molar-refractivity contribution in [2.45, 2.75) is 38.9 Å². The summed E-state index contributed by atoms with van der Waals surface area (Å²) in [7, 11) is 3.52. The lowest BCUT2D eigenvalue weighted by atomic mass is 9.85. The molecule has 1 aromatic carbocycles. The maximum atomic E-state index is 13.0. The molecular weight excluding hydrogens is 239 g/mol. The molecule has 0 radical (unpaired) electrons. The molecule has 0 aromatic heterocycles. The zero-order chi connectivity index (χ0) is 14.1. The number of rotatable bonds is 2. The van der Waals surface area contributed by atoms with Crippen molar-refractivity contribution in [3.63, 3.8) is 0 Å². The zero-order valence-corrected chi connectivity index (χ0v) is 11.5. The van der Waals surface area contributed by atoms with E-state index in [1.165, 1.54) is 6.07 Å². The molecule has 0 bridgehead atoms. The van der Waals surface area contributed by atoms with Crippen LogP contribution in [-0.2, 0) is 18.1 Å². The third-order valence-corrected chi connectivity index (χ3v) is 2.77. The van der Waals surface area contributed by atoms with Crippen molar-refractivity contribution in [1.29, 1.82) is 0 Å². The zero-order valence-electron chi connectivity index (χ0n) is 11.5. The van der Waals surface area contributed by atoms with Crippen molar-refractivity contribution in [3.05, 3.63) is 34.9 Å². The molecule has 0 fully saturated rings. The summed E-state index contributed by atoms with van der Waals surface area (Å²) >= 11 is 0. The number of nitrogens with zero attached hydrogens (tertiary/aromatic N) is 1. The lowest BCUT2D eigenvalue weighted by Gasteiger charge is -2.23. The molecule has 0 aliphatic carbocycles. The summed E-state index contributed by atoms with van der Waals surface area (Å²) in [5.41, 5.74) is 0.220. The van der Waals surface area contributed by atoms with E-state index in [0.29, 0.717) is 17.7 Å². The van der Waals surface area contributed by atoms with Gasteiger partial charge in [0.1, 0.15) is 0 Å². The Morgan fingerprint density at radius 3 is 2.00 bits per heavy atom. The van der Waals surface area contributed by atoms with Crippen LogP contribution in [0.3, 0.4) is 0 Å². The van der Waals surface area contributed by atoms with Crippen LogP contribution in [0.4, 0.5) is 13.2 Å². The van der Waals surface area contributed by atoms with Crippen LogP contribution in [0.15, 0.2) is 18.2 Å². The van der Waals surface area contributed by atoms with Gasteiger partial charge in [0.2, 0.25) is 0 Å². The summed E-state index contributed by atoms with van der Waals surface area (Å²) in [5.74, 6) is 0. The number of halogens is 3. The van der Waals surface area contributed by atoms with E-state index in [9.17, 15) is 13.2 Å². The Balaban J connectivity index is 3.30. The highest BCUT2D eigenvalue weighted by atomic mass is 19.4. The Morgan fingerprint density at radius 1 is 1.06 bits per heavy atom. The molecule has 0 saturated heterocycles. The minimum atomic E-state index is -4.30. The van der Waals surface area contributed by atoms with E-state index in [-0.39, 0.29) is 5.41 Å². The quantitative estimate of drug-likeness (QED) is 0.774. The monoisotopic (exact) mass is 259 g/mol. The first-order valence-electron chi connectivity index (χ1n) is 5.87. The molecule has 1 rings (SSSR count). The van der Waals surface area contributed by atoms with Crippen LogP contribution >= 0.6 is 0 Å². The van der Waals surface area contributed by atoms with Gasteiger partial charge in [0.25, 0.3) is 0 Å². The molecule has 18 heavy (non-hydrogen) atoms. The second-order valence-corrected chi connectivity index (χ2v) is 5.86. The molecule has 1 aromatic rings. The number of alkyl halides is 3. The summed E-state index contributed by atoms with van der Waals surface area (Å²) in [6.07, 6.45) is -4.30. The molecular formula is C14H20F3N. The van der Waals surface area contributed by atoms with Gasteiger partial charge < -0.3 is 4.90 Å². The van der Waals surface area contributed by atoms with Gasteiger partial charge in [-0.15, -0.1) is 0 Å². The average Bonchev–Trinajstić information content (AvgIpc) is 2.13. The van der Waals surface area contributed by atoms with Crippen LogP contribution in [0, 0.1) is 0 Å². The van der Waals surface area contributed by atoms with E-state index in [0.717, 1.165) is 0 Å². The fraction of sp³-hybridized carbons (Fsp3) is 0.571. The second kappa shape index (κ2) is 4.92. The van der Waals surface area contributed by atoms with Crippen LogP contribution < -0.4 is 0 Å². The van der Waals surface area contributed by atoms with E-state index in [1.807, 2.05) is 20.8 Å². The number of hydrogen-bond donors (Lipinski definition) is 0. The molecule has 0 spiro atoms. The average molecular weight is 259 g/mol. The van der Waals surface area contributed by atoms with E-state index in [4.69, 9.17) is 0 Å². The predicted octanol–water partition coefficient (Wildman–Crippen LogP) is 4.06. The highest BCUT2D eigenvalue weighted by Crippen LogP contribution is 2.35. The summed E-state index contributed by atoms with van der Waals surface area (Å²) in [4.78, 5) is 1.74. The van der Waals surface area contributed by atoms with Gasteiger partial charge in [-0.25, -0.2) is 0 Å². The third-order valence-electron chi connectivity index (χ3n) is 2.77. The third kappa shape index (κ3) is 3.73. The first-order valence-corrected chi connectivity index (χ1v) is 5.87. The standard InChI is InChI=1S/C14H20F3N/c1-13(2,3)11-7-6-10(9-18(4)5)12(8-11)14(15,16)17/h6-8H,9H2,1-5H3. The molecule has 0 N–H and O–H groups in total. The first-order chi connectivity index (χ1) is 8.01. The van der Waals surface area contributed by atoms with Crippen molar-refractivity contribution in [2.24, 2.45) is 0 Å². The Labute approximate surface area is 107 Å². The van der Waals surface area contributed by atoms with Gasteiger partial charge in [-0.1, -0.05) is 32.9 Å². The Hall–Kier alpha value is -1.03. The largest absolute Gasteiger partial charge is 0.416 e. The Kier molecular flexibility index (Phi) is 4.11. The minimum absolute atomic E-state index is 0.281. The van der Waals surface area contributed by atoms with E-state index in [1.54, 1.807) is 31.1 Å². The number of hydrogen-bond acceptors (Lipinski definition) is 1. The van der Waals surface area contributed by atoms with Crippen molar-refractivity contribution in [1.82, 2.24) is 4.90 Å². The molecule has 0 aliphatic heterocycles. The van der Waals surface area contributed by atoms with Crippen LogP contribution in [0.5, 0.6) is 0 Å². The van der Waals surface area contributed by atoms with E-state index < -0.39 is 11.7 Å². The molecule has 0 heterocycles. The lowest BCUT2D eigenvalue weighted by Crippen LogP contribution is -2.19. The lowest BCUT2D eigenvalue weighted by molar-refractivity contribution is -0.138. The predicted molar refractivity (Wildman–Crippen MR) is 67.5 cm³/mol. The van der Waals surface area contributed by atoms with Gasteiger partial charge in [0, 0.05) is 6.54 Å². The Morgan fingerprint density at radius 2 is 1.61 bits per heavy atom. The van der Waals surface area contributed by atoms with Crippen LogP contribution in [0.25, 0.3) is 0 Å². The summed E-state index contributed by atoms with van der Waals surface area (Å²) < 4.78 is 39.1. The highest BCUT2D eigenvalue weighted by Gasteiger charge is 2.34. The first kappa shape index (κ1) is 15.0. The fourth-order valence-electron chi connectivity index (χ4n) is 1.79. The van der Waals surface area contributed by atoms with Crippen molar-refractivity contribution in [3.8, 4) is 0 Å². The minimum Gasteiger partial charge on any atom is -0.305 e. The molecule has 0 aliphatic rings. The molecule has 0 amide bonds. The summed E-state index contributed by atoms with van der Waals surface area (Å²) in [6, 6.07) is 4.65. The smallest absolute Gasteiger partial charge is 0.305 e. The molecule has 1 nitrogen and oxygen atoms in total. The normalized spacial score (nSPS) is 13.2. The van der Waals surface area contributed by atoms with Crippen molar-refractivity contribution in [2.75, 3.05) is 14.1 Å². The second-order valence-electron chi connectivity index (χ2n) is 5.86. The van der Waals surface area contributed by atoms with Gasteiger partial charge in [-0.2, -0.15) is 13.2 Å². The fourth-order valence-corrected chi connectivity index (χ4v) is 1.79. The summed E-state index contributed by atoms with van der Waals surface area (Å²) in [6.45, 7) is 6.02. The van der Waals surface area contributed by atoms with Crippen molar-refractivity contribution < 1.29 is 13.2 Å². The molecule has 102 valence electrons. The van der Waals surface area contributed by atoms with Gasteiger partial charge in [-0.05, 0) is 36.7 Å². The molecule has 0 atom stereocenters. The van der Waals surface area contributed by atoms with Crippen LogP contribution in [0.2, 0.25) is 0 Å². The van der Waals surface area contributed by atoms with Gasteiger partial charge in [0.15, 0.2) is 0 Å². The topological polar surface area (TPSA) is 3.24 Å². The summed E-state index contributed by atoms with van der Waals surface area (Å²) in [5, 5.41) is 0. The van der Waals surface area contributed by atoms with Crippen molar-refractivity contribution >= 4 is 0 Å². The Bertz CT molecular complexity index is 414. The van der Waals surface area contributed by atoms with Gasteiger partial charge >= 0.3 is 6.18 Å². The molecule has 0 saturated carbocycles. The van der Waals surface area contributed by atoms with Crippen LogP contribution in [0.1, 0.15) is 37.5 Å². The maximum absolute atomic E-state index is 13.0. The highest BCUT2D eigenvalue weighted by molar-refractivity contribution is 5.37. The molecule has 0 unspecified atom stereocenters. The maximum Gasteiger partial charge on any atom is 0.416 e. The van der Waals surface area contributed by atoms with E-state index >= 15 is 0 Å².